The van der Waals surface area contributed by atoms with Crippen molar-refractivity contribution in [3.8, 4) is 0 Å². The van der Waals surface area contributed by atoms with Crippen LogP contribution in [0.25, 0.3) is 0 Å². The maximum absolute atomic E-state index is 11.0. The topological polar surface area (TPSA) is 97.2 Å². The molecule has 1 fully saturated rings. The van der Waals surface area contributed by atoms with Gasteiger partial charge in [-0.15, -0.1) is 0 Å². The quantitative estimate of drug-likeness (QED) is 0.772. The highest BCUT2D eigenvalue weighted by molar-refractivity contribution is 7.92. The van der Waals surface area contributed by atoms with Gasteiger partial charge in [-0.1, -0.05) is 11.6 Å². The van der Waals surface area contributed by atoms with Crippen LogP contribution in [-0.4, -0.2) is 41.0 Å². The first-order chi connectivity index (χ1) is 7.37. The SMILES string of the molecule is O=C(O)c1cc(Cl)nc(C2CS(=O)(=O)C2)n1. The summed E-state index contributed by atoms with van der Waals surface area (Å²) in [6.07, 6.45) is 0. The Hall–Kier alpha value is -1.21. The van der Waals surface area contributed by atoms with Crippen LogP contribution in [0.4, 0.5) is 0 Å². The largest absolute Gasteiger partial charge is 0.477 e. The van der Waals surface area contributed by atoms with E-state index >= 15 is 0 Å². The molecule has 0 atom stereocenters. The molecule has 2 rings (SSSR count). The number of rotatable bonds is 2. The smallest absolute Gasteiger partial charge is 0.354 e. The van der Waals surface area contributed by atoms with E-state index in [0.29, 0.717) is 0 Å². The fraction of sp³-hybridized carbons (Fsp3) is 0.375. The van der Waals surface area contributed by atoms with E-state index < -0.39 is 15.8 Å². The maximum Gasteiger partial charge on any atom is 0.354 e. The molecule has 0 aliphatic carbocycles. The number of carboxylic acid groups (broad SMARTS) is 1. The first-order valence-electron chi connectivity index (χ1n) is 4.35. The zero-order chi connectivity index (χ0) is 11.9. The van der Waals surface area contributed by atoms with E-state index in [-0.39, 0.29) is 34.1 Å². The van der Waals surface area contributed by atoms with Crippen LogP contribution in [-0.2, 0) is 9.84 Å². The van der Waals surface area contributed by atoms with E-state index in [1.54, 1.807) is 0 Å². The van der Waals surface area contributed by atoms with E-state index in [1.807, 2.05) is 0 Å². The molecular formula is C8H7ClN2O4S. The van der Waals surface area contributed by atoms with Gasteiger partial charge in [-0.2, -0.15) is 0 Å². The van der Waals surface area contributed by atoms with Gasteiger partial charge < -0.3 is 5.11 Å². The summed E-state index contributed by atoms with van der Waals surface area (Å²) in [7, 11) is -3.00. The molecule has 0 radical (unpaired) electrons. The molecule has 86 valence electrons. The molecule has 0 amide bonds. The number of halogens is 1. The average molecular weight is 263 g/mol. The van der Waals surface area contributed by atoms with Gasteiger partial charge in [0.2, 0.25) is 0 Å². The molecule has 2 heterocycles. The number of aromatic nitrogens is 2. The lowest BCUT2D eigenvalue weighted by Gasteiger charge is -2.24. The molecule has 1 aliphatic rings. The van der Waals surface area contributed by atoms with Gasteiger partial charge in [-0.3, -0.25) is 0 Å². The molecule has 1 N–H and O–H groups in total. The highest BCUT2D eigenvalue weighted by atomic mass is 35.5. The van der Waals surface area contributed by atoms with Crippen molar-refractivity contribution in [2.75, 3.05) is 11.5 Å². The van der Waals surface area contributed by atoms with Crippen molar-refractivity contribution in [1.82, 2.24) is 9.97 Å². The van der Waals surface area contributed by atoms with Gasteiger partial charge in [0.05, 0.1) is 11.5 Å². The molecule has 0 saturated carbocycles. The lowest BCUT2D eigenvalue weighted by atomic mass is 10.2. The van der Waals surface area contributed by atoms with Crippen LogP contribution in [0, 0.1) is 0 Å². The molecule has 6 nitrogen and oxygen atoms in total. The van der Waals surface area contributed by atoms with E-state index in [4.69, 9.17) is 16.7 Å². The van der Waals surface area contributed by atoms with Crippen molar-refractivity contribution in [2.45, 2.75) is 5.92 Å². The van der Waals surface area contributed by atoms with Crippen LogP contribution in [0.15, 0.2) is 6.07 Å². The van der Waals surface area contributed by atoms with Crippen molar-refractivity contribution >= 4 is 27.4 Å². The highest BCUT2D eigenvalue weighted by Crippen LogP contribution is 2.27. The molecule has 1 saturated heterocycles. The molecule has 8 heteroatoms. The van der Waals surface area contributed by atoms with Gasteiger partial charge in [0, 0.05) is 12.0 Å². The van der Waals surface area contributed by atoms with Gasteiger partial charge in [0.15, 0.2) is 15.5 Å². The van der Waals surface area contributed by atoms with Crippen molar-refractivity contribution < 1.29 is 18.3 Å². The molecular weight excluding hydrogens is 256 g/mol. The summed E-state index contributed by atoms with van der Waals surface area (Å²) in [6, 6.07) is 1.13. The minimum absolute atomic E-state index is 0.00620. The van der Waals surface area contributed by atoms with Crippen molar-refractivity contribution in [3.63, 3.8) is 0 Å². The van der Waals surface area contributed by atoms with Crippen molar-refractivity contribution in [2.24, 2.45) is 0 Å². The Balaban J connectivity index is 2.32. The average Bonchev–Trinajstić information content (AvgIpc) is 2.12. The van der Waals surface area contributed by atoms with Gasteiger partial charge in [0.1, 0.15) is 11.0 Å². The number of aromatic carboxylic acids is 1. The Morgan fingerprint density at radius 2 is 2.06 bits per heavy atom. The van der Waals surface area contributed by atoms with E-state index in [1.165, 1.54) is 0 Å². The molecule has 0 bridgehead atoms. The highest BCUT2D eigenvalue weighted by Gasteiger charge is 2.37. The summed E-state index contributed by atoms with van der Waals surface area (Å²) in [4.78, 5) is 18.3. The molecule has 0 aromatic carbocycles. The minimum Gasteiger partial charge on any atom is -0.477 e. The van der Waals surface area contributed by atoms with Crippen molar-refractivity contribution in [3.05, 3.63) is 22.7 Å². The second kappa shape index (κ2) is 3.67. The maximum atomic E-state index is 11.0. The summed E-state index contributed by atoms with van der Waals surface area (Å²) in [5.41, 5.74) is -0.223. The summed E-state index contributed by atoms with van der Waals surface area (Å²) >= 11 is 5.63. The number of sulfone groups is 1. The van der Waals surface area contributed by atoms with Crippen LogP contribution < -0.4 is 0 Å². The van der Waals surface area contributed by atoms with E-state index in [9.17, 15) is 13.2 Å². The first kappa shape index (κ1) is 11.3. The monoisotopic (exact) mass is 262 g/mol. The Morgan fingerprint density at radius 3 is 2.56 bits per heavy atom. The molecule has 0 spiro atoms. The lowest BCUT2D eigenvalue weighted by molar-refractivity contribution is 0.0690. The van der Waals surface area contributed by atoms with Gasteiger partial charge in [-0.05, 0) is 0 Å². The van der Waals surface area contributed by atoms with Crippen LogP contribution >= 0.6 is 11.6 Å². The van der Waals surface area contributed by atoms with Crippen LogP contribution in [0.5, 0.6) is 0 Å². The Kier molecular flexibility index (Phi) is 2.59. The van der Waals surface area contributed by atoms with Crippen LogP contribution in [0.3, 0.4) is 0 Å². The second-order valence-electron chi connectivity index (χ2n) is 3.51. The fourth-order valence-corrected chi connectivity index (χ4v) is 3.06. The van der Waals surface area contributed by atoms with Gasteiger partial charge >= 0.3 is 5.97 Å². The summed E-state index contributed by atoms with van der Waals surface area (Å²) in [6.45, 7) is 0. The van der Waals surface area contributed by atoms with Crippen LogP contribution in [0.2, 0.25) is 5.15 Å². The summed E-state index contributed by atoms with van der Waals surface area (Å²) < 4.78 is 21.9. The predicted molar refractivity (Wildman–Crippen MR) is 55.4 cm³/mol. The Labute approximate surface area is 96.2 Å². The first-order valence-corrected chi connectivity index (χ1v) is 6.55. The Morgan fingerprint density at radius 1 is 1.44 bits per heavy atom. The number of nitrogens with zero attached hydrogens (tertiary/aromatic N) is 2. The molecule has 1 aromatic rings. The zero-order valence-corrected chi connectivity index (χ0v) is 9.49. The molecule has 1 aromatic heterocycles. The molecule has 1 aliphatic heterocycles. The zero-order valence-electron chi connectivity index (χ0n) is 7.92. The summed E-state index contributed by atoms with van der Waals surface area (Å²) in [5.74, 6) is -1.48. The van der Waals surface area contributed by atoms with Crippen molar-refractivity contribution in [1.29, 1.82) is 0 Å². The summed E-state index contributed by atoms with van der Waals surface area (Å²) in [5, 5.41) is 8.75. The molecule has 16 heavy (non-hydrogen) atoms. The third-order valence-corrected chi connectivity index (χ3v) is 4.22. The van der Waals surface area contributed by atoms with Gasteiger partial charge in [-0.25, -0.2) is 23.2 Å². The predicted octanol–water partition coefficient (Wildman–Crippen LogP) is 0.340. The van der Waals surface area contributed by atoms with Gasteiger partial charge in [0.25, 0.3) is 0 Å². The third-order valence-electron chi connectivity index (χ3n) is 2.21. The number of carbonyl (C=O) groups is 1. The third kappa shape index (κ3) is 2.14. The normalized spacial score (nSPS) is 19.1. The van der Waals surface area contributed by atoms with E-state index in [0.717, 1.165) is 6.07 Å². The van der Waals surface area contributed by atoms with E-state index in [2.05, 4.69) is 9.97 Å². The lowest BCUT2D eigenvalue weighted by Crippen LogP contribution is -2.35. The fourth-order valence-electron chi connectivity index (χ4n) is 1.44. The van der Waals surface area contributed by atoms with Crippen LogP contribution in [0.1, 0.15) is 22.2 Å². The number of carboxylic acids is 1. The Bertz CT molecular complexity index is 545. The second-order valence-corrected chi connectivity index (χ2v) is 6.05. The minimum atomic E-state index is -3.00. The number of hydrogen-bond donors (Lipinski definition) is 1. The standard InChI is InChI=1S/C8H7ClN2O4S/c9-6-1-5(8(12)13)10-7(11-6)4-2-16(14,15)3-4/h1,4H,2-3H2,(H,12,13). The molecule has 0 unspecified atom stereocenters. The number of hydrogen-bond acceptors (Lipinski definition) is 5.